The highest BCUT2D eigenvalue weighted by Gasteiger charge is 2.22. The van der Waals surface area contributed by atoms with Gasteiger partial charge in [-0.05, 0) is 6.92 Å². The van der Waals surface area contributed by atoms with Crippen molar-refractivity contribution in [2.45, 2.75) is 52.3 Å². The summed E-state index contributed by atoms with van der Waals surface area (Å²) in [5, 5.41) is 1.27. The molecule has 0 fully saturated rings. The molecule has 0 radical (unpaired) electrons. The molecule has 0 aliphatic carbocycles. The van der Waals surface area contributed by atoms with E-state index in [4.69, 9.17) is 4.74 Å². The smallest absolute Gasteiger partial charge is 0.129 e. The lowest BCUT2D eigenvalue weighted by atomic mass is 10.4. The molecule has 0 bridgehead atoms. The van der Waals surface area contributed by atoms with Gasteiger partial charge in [0.1, 0.15) is 14.7 Å². The third kappa shape index (κ3) is 7.05. The summed E-state index contributed by atoms with van der Waals surface area (Å²) in [6, 6.07) is 0. The number of ether oxygens (including phenoxy) is 1. The first kappa shape index (κ1) is 15.7. The van der Waals surface area contributed by atoms with Gasteiger partial charge in [0.15, 0.2) is 0 Å². The first-order valence-corrected chi connectivity index (χ1v) is 12.8. The van der Waals surface area contributed by atoms with E-state index in [-0.39, 0.29) is 6.10 Å². The minimum atomic E-state index is -1.28. The van der Waals surface area contributed by atoms with Crippen LogP contribution in [0.5, 0.6) is 0 Å². The van der Waals surface area contributed by atoms with Crippen molar-refractivity contribution in [3.63, 3.8) is 0 Å². The molecular weight excluding hydrogens is 228 g/mol. The van der Waals surface area contributed by atoms with Gasteiger partial charge in [0.05, 0.1) is 14.2 Å². The molecule has 0 aromatic heterocycles. The summed E-state index contributed by atoms with van der Waals surface area (Å²) in [6.07, 6.45) is 0.141. The summed E-state index contributed by atoms with van der Waals surface area (Å²) in [6.45, 7) is 20.4. The van der Waals surface area contributed by atoms with Crippen LogP contribution in [-0.2, 0) is 4.74 Å². The van der Waals surface area contributed by atoms with Crippen LogP contribution in [0.3, 0.4) is 0 Å². The zero-order chi connectivity index (χ0) is 13.0. The third-order valence-electron chi connectivity index (χ3n) is 2.32. The van der Waals surface area contributed by atoms with Crippen LogP contribution in [0.15, 0.2) is 11.8 Å². The zero-order valence-corrected chi connectivity index (χ0v) is 13.9. The average Bonchev–Trinajstić information content (AvgIpc) is 2.07. The molecule has 1 nitrogen and oxygen atoms in total. The van der Waals surface area contributed by atoms with Gasteiger partial charge < -0.3 is 4.74 Å². The lowest BCUT2D eigenvalue weighted by Gasteiger charge is -2.24. The van der Waals surface area contributed by atoms with Crippen molar-refractivity contribution in [3.8, 4) is 11.5 Å². The van der Waals surface area contributed by atoms with Gasteiger partial charge in [0, 0.05) is 0 Å². The average molecular weight is 255 g/mol. The standard InChI is InChI=1S/C13H26OSi2/c1-12(13(2)16(6,7)8)14-10-9-11-15(3,4)5/h12H,2,10H2,1,3-8H3. The topological polar surface area (TPSA) is 9.23 Å². The maximum absolute atomic E-state index is 5.71. The Morgan fingerprint density at radius 3 is 2.06 bits per heavy atom. The van der Waals surface area contributed by atoms with Crippen molar-refractivity contribution in [2.24, 2.45) is 0 Å². The van der Waals surface area contributed by atoms with Crippen LogP contribution in [0.4, 0.5) is 0 Å². The van der Waals surface area contributed by atoms with E-state index in [1.165, 1.54) is 5.20 Å². The first-order chi connectivity index (χ1) is 7.04. The van der Waals surface area contributed by atoms with E-state index in [9.17, 15) is 0 Å². The second kappa shape index (κ2) is 5.85. The maximum atomic E-state index is 5.71. The molecule has 0 rings (SSSR count). The molecule has 0 saturated heterocycles. The number of rotatable bonds is 4. The second-order valence-corrected chi connectivity index (χ2v) is 16.2. The molecule has 0 aromatic rings. The van der Waals surface area contributed by atoms with E-state index in [1.807, 2.05) is 0 Å². The maximum Gasteiger partial charge on any atom is 0.129 e. The quantitative estimate of drug-likeness (QED) is 0.549. The summed E-state index contributed by atoms with van der Waals surface area (Å²) >= 11 is 0. The predicted molar refractivity (Wildman–Crippen MR) is 79.0 cm³/mol. The van der Waals surface area contributed by atoms with E-state index in [0.29, 0.717) is 6.61 Å². The van der Waals surface area contributed by atoms with Gasteiger partial charge in [-0.2, -0.15) is 0 Å². The van der Waals surface area contributed by atoms with E-state index in [0.717, 1.165) is 0 Å². The zero-order valence-electron chi connectivity index (χ0n) is 11.9. The Bertz CT molecular complexity index is 297. The van der Waals surface area contributed by atoms with Crippen LogP contribution in [0, 0.1) is 11.5 Å². The lowest BCUT2D eigenvalue weighted by Crippen LogP contribution is -2.31. The molecule has 16 heavy (non-hydrogen) atoms. The fourth-order valence-electron chi connectivity index (χ4n) is 1.18. The normalized spacial score (nSPS) is 13.9. The molecule has 0 aromatic carbocycles. The fourth-order valence-corrected chi connectivity index (χ4v) is 3.08. The molecule has 0 aliphatic heterocycles. The van der Waals surface area contributed by atoms with Gasteiger partial charge in [-0.25, -0.2) is 0 Å². The molecule has 0 spiro atoms. The van der Waals surface area contributed by atoms with E-state index in [1.54, 1.807) is 0 Å². The van der Waals surface area contributed by atoms with E-state index < -0.39 is 16.1 Å². The number of hydrogen-bond acceptors (Lipinski definition) is 1. The molecule has 3 heteroatoms. The predicted octanol–water partition coefficient (Wildman–Crippen LogP) is 3.71. The Morgan fingerprint density at radius 1 is 1.19 bits per heavy atom. The van der Waals surface area contributed by atoms with Crippen molar-refractivity contribution >= 4 is 16.1 Å². The summed E-state index contributed by atoms with van der Waals surface area (Å²) in [4.78, 5) is 0. The number of hydrogen-bond donors (Lipinski definition) is 0. The van der Waals surface area contributed by atoms with Crippen molar-refractivity contribution in [1.29, 1.82) is 0 Å². The van der Waals surface area contributed by atoms with Gasteiger partial charge in [0.25, 0.3) is 0 Å². The van der Waals surface area contributed by atoms with Gasteiger partial charge >= 0.3 is 0 Å². The highest BCUT2D eigenvalue weighted by atomic mass is 28.3. The molecule has 0 heterocycles. The summed E-state index contributed by atoms with van der Waals surface area (Å²) < 4.78 is 5.71. The third-order valence-corrected chi connectivity index (χ3v) is 5.58. The minimum Gasteiger partial charge on any atom is -0.362 e. The van der Waals surface area contributed by atoms with Crippen molar-refractivity contribution in [1.82, 2.24) is 0 Å². The Labute approximate surface area is 103 Å². The molecule has 0 saturated carbocycles. The Kier molecular flexibility index (Phi) is 5.74. The highest BCUT2D eigenvalue weighted by Crippen LogP contribution is 2.17. The Balaban J connectivity index is 4.14. The monoisotopic (exact) mass is 254 g/mol. The molecule has 0 amide bonds. The molecule has 1 unspecified atom stereocenters. The van der Waals surface area contributed by atoms with Crippen LogP contribution in [-0.4, -0.2) is 28.9 Å². The van der Waals surface area contributed by atoms with Crippen LogP contribution in [0.25, 0.3) is 0 Å². The van der Waals surface area contributed by atoms with Crippen molar-refractivity contribution in [2.75, 3.05) is 6.61 Å². The van der Waals surface area contributed by atoms with Crippen molar-refractivity contribution in [3.05, 3.63) is 11.8 Å². The van der Waals surface area contributed by atoms with Crippen molar-refractivity contribution < 1.29 is 4.74 Å². The summed E-state index contributed by atoms with van der Waals surface area (Å²) in [5.41, 5.74) is 3.30. The van der Waals surface area contributed by atoms with Gasteiger partial charge in [-0.15, -0.1) is 12.1 Å². The Hall–Kier alpha value is -0.306. The molecule has 0 aliphatic rings. The van der Waals surface area contributed by atoms with Gasteiger partial charge in [0.2, 0.25) is 0 Å². The molecule has 1 atom stereocenters. The SMILES string of the molecule is C=C(C(C)OCC#C[Si](C)(C)C)[Si](C)(C)C. The minimum absolute atomic E-state index is 0.141. The molecular formula is C13H26OSi2. The van der Waals surface area contributed by atoms with E-state index >= 15 is 0 Å². The largest absolute Gasteiger partial charge is 0.362 e. The van der Waals surface area contributed by atoms with Crippen LogP contribution in [0.2, 0.25) is 39.3 Å². The van der Waals surface area contributed by atoms with Crippen LogP contribution in [0.1, 0.15) is 6.92 Å². The fraction of sp³-hybridized carbons (Fsp3) is 0.692. The first-order valence-electron chi connectivity index (χ1n) is 5.85. The van der Waals surface area contributed by atoms with Gasteiger partial charge in [-0.1, -0.05) is 50.4 Å². The summed E-state index contributed by atoms with van der Waals surface area (Å²) in [5.74, 6) is 3.13. The second-order valence-electron chi connectivity index (χ2n) is 6.28. The van der Waals surface area contributed by atoms with Crippen LogP contribution >= 0.6 is 0 Å². The highest BCUT2D eigenvalue weighted by molar-refractivity contribution is 6.84. The molecule has 92 valence electrons. The van der Waals surface area contributed by atoms with Gasteiger partial charge in [-0.3, -0.25) is 0 Å². The van der Waals surface area contributed by atoms with E-state index in [2.05, 4.69) is 64.2 Å². The lowest BCUT2D eigenvalue weighted by molar-refractivity contribution is 0.123. The van der Waals surface area contributed by atoms with Crippen LogP contribution < -0.4 is 0 Å². The molecule has 0 N–H and O–H groups in total. The summed E-state index contributed by atoms with van der Waals surface area (Å²) in [7, 11) is -2.53. The Morgan fingerprint density at radius 2 is 1.69 bits per heavy atom.